The first-order valence-electron chi connectivity index (χ1n) is 12.8. The molecule has 0 radical (unpaired) electrons. The fraction of sp³-hybridized carbons (Fsp3) is 0.308. The van der Waals surface area contributed by atoms with Crippen LogP contribution in [0.4, 0.5) is 21.0 Å². The van der Waals surface area contributed by atoms with E-state index < -0.39 is 0 Å². The van der Waals surface area contributed by atoms with Crippen LogP contribution in [0.5, 0.6) is 0 Å². The molecule has 0 atom stereocenters. The number of aromatic nitrogens is 6. The van der Waals surface area contributed by atoms with Gasteiger partial charge in [0.25, 0.3) is 0 Å². The Bertz CT molecular complexity index is 1270. The van der Waals surface area contributed by atoms with Crippen molar-refractivity contribution in [2.24, 2.45) is 0 Å². The van der Waals surface area contributed by atoms with Gasteiger partial charge in [0.05, 0.1) is 25.5 Å². The molecular formula is C26H30Cl2N10O2. The summed E-state index contributed by atoms with van der Waals surface area (Å²) < 4.78 is 3.57. The number of rotatable bonds is 13. The van der Waals surface area contributed by atoms with Gasteiger partial charge in [0.15, 0.2) is 0 Å². The first-order chi connectivity index (χ1) is 19.4. The van der Waals surface area contributed by atoms with Crippen LogP contribution in [0.3, 0.4) is 0 Å². The van der Waals surface area contributed by atoms with E-state index in [0.717, 1.165) is 38.8 Å². The summed E-state index contributed by atoms with van der Waals surface area (Å²) in [5.74, 6) is 0. The van der Waals surface area contributed by atoms with Crippen LogP contribution in [0, 0.1) is 0 Å². The largest absolute Gasteiger partial charge is 0.332 e. The third-order valence-electron chi connectivity index (χ3n) is 5.76. The van der Waals surface area contributed by atoms with Crippen molar-refractivity contribution >= 4 is 46.6 Å². The fourth-order valence-electron chi connectivity index (χ4n) is 3.72. The minimum Gasteiger partial charge on any atom is -0.332 e. The molecule has 40 heavy (non-hydrogen) atoms. The summed E-state index contributed by atoms with van der Waals surface area (Å²) in [5, 5.41) is 28.7. The number of halogens is 2. The summed E-state index contributed by atoms with van der Waals surface area (Å²) >= 11 is 11.7. The van der Waals surface area contributed by atoms with Gasteiger partial charge in [0.2, 0.25) is 0 Å². The number of benzene rings is 2. The van der Waals surface area contributed by atoms with Crippen molar-refractivity contribution in [1.29, 1.82) is 0 Å². The molecular weight excluding hydrogens is 555 g/mol. The van der Waals surface area contributed by atoms with Gasteiger partial charge in [-0.05, 0) is 61.4 Å². The highest BCUT2D eigenvalue weighted by molar-refractivity contribution is 6.30. The SMILES string of the molecule is O=C(NCc1cn(CCCCCCn2cc(CNC(=O)Nc3ccc(Cl)cc3)nn2)nn1)Nc1ccc(Cl)cc1. The van der Waals surface area contributed by atoms with Crippen LogP contribution in [0.15, 0.2) is 60.9 Å². The molecule has 12 nitrogen and oxygen atoms in total. The van der Waals surface area contributed by atoms with Crippen LogP contribution >= 0.6 is 23.2 Å². The quantitative estimate of drug-likeness (QED) is 0.161. The Morgan fingerprint density at radius 1 is 0.625 bits per heavy atom. The van der Waals surface area contributed by atoms with Crippen molar-refractivity contribution in [3.63, 3.8) is 0 Å². The van der Waals surface area contributed by atoms with E-state index in [1.807, 2.05) is 12.4 Å². The van der Waals surface area contributed by atoms with Crippen LogP contribution in [-0.2, 0) is 26.2 Å². The van der Waals surface area contributed by atoms with E-state index >= 15 is 0 Å². The molecule has 0 aliphatic heterocycles. The zero-order valence-corrected chi connectivity index (χ0v) is 23.2. The summed E-state index contributed by atoms with van der Waals surface area (Å²) in [6.07, 6.45) is 7.66. The van der Waals surface area contributed by atoms with Crippen molar-refractivity contribution in [3.8, 4) is 0 Å². The van der Waals surface area contributed by atoms with E-state index in [9.17, 15) is 9.59 Å². The van der Waals surface area contributed by atoms with Gasteiger partial charge in [-0.25, -0.2) is 9.59 Å². The highest BCUT2D eigenvalue weighted by Gasteiger charge is 2.07. The molecule has 14 heteroatoms. The second-order valence-corrected chi connectivity index (χ2v) is 9.86. The lowest BCUT2D eigenvalue weighted by Crippen LogP contribution is -2.28. The summed E-state index contributed by atoms with van der Waals surface area (Å²) in [5.41, 5.74) is 2.68. The first-order valence-corrected chi connectivity index (χ1v) is 13.6. The molecule has 0 saturated heterocycles. The predicted molar refractivity (Wildman–Crippen MR) is 153 cm³/mol. The smallest absolute Gasteiger partial charge is 0.319 e. The fourth-order valence-corrected chi connectivity index (χ4v) is 3.97. The van der Waals surface area contributed by atoms with Gasteiger partial charge < -0.3 is 21.3 Å². The van der Waals surface area contributed by atoms with Gasteiger partial charge in [0.1, 0.15) is 11.4 Å². The summed E-state index contributed by atoms with van der Waals surface area (Å²) in [4.78, 5) is 24.1. The highest BCUT2D eigenvalue weighted by atomic mass is 35.5. The number of anilines is 2. The molecule has 4 N–H and O–H groups in total. The van der Waals surface area contributed by atoms with Gasteiger partial charge in [-0.1, -0.05) is 46.5 Å². The zero-order valence-electron chi connectivity index (χ0n) is 21.7. The molecule has 0 aliphatic carbocycles. The van der Waals surface area contributed by atoms with Crippen LogP contribution in [0.2, 0.25) is 10.0 Å². The monoisotopic (exact) mass is 584 g/mol. The molecule has 2 aromatic heterocycles. The maximum atomic E-state index is 12.0. The molecule has 0 saturated carbocycles. The molecule has 0 fully saturated rings. The van der Waals surface area contributed by atoms with E-state index in [1.54, 1.807) is 57.9 Å². The van der Waals surface area contributed by atoms with Crippen LogP contribution in [0.25, 0.3) is 0 Å². The molecule has 0 bridgehead atoms. The molecule has 2 aromatic carbocycles. The second-order valence-electron chi connectivity index (χ2n) is 8.99. The minimum absolute atomic E-state index is 0.280. The van der Waals surface area contributed by atoms with Crippen molar-refractivity contribution in [1.82, 2.24) is 40.6 Å². The van der Waals surface area contributed by atoms with Crippen LogP contribution in [-0.4, -0.2) is 42.0 Å². The third-order valence-corrected chi connectivity index (χ3v) is 6.26. The normalized spacial score (nSPS) is 10.8. The van der Waals surface area contributed by atoms with Crippen LogP contribution in [0.1, 0.15) is 37.1 Å². The summed E-state index contributed by atoms with van der Waals surface area (Å²) in [6.45, 7) is 2.06. The number of amides is 4. The van der Waals surface area contributed by atoms with Crippen molar-refractivity contribution in [2.45, 2.75) is 51.9 Å². The Labute approximate surface area is 241 Å². The topological polar surface area (TPSA) is 144 Å². The molecule has 4 aromatic rings. The Kier molecular flexibility index (Phi) is 10.7. The van der Waals surface area contributed by atoms with E-state index in [4.69, 9.17) is 23.2 Å². The molecule has 2 heterocycles. The number of nitrogens with one attached hydrogen (secondary N) is 4. The number of nitrogens with zero attached hydrogens (tertiary/aromatic N) is 6. The van der Waals surface area contributed by atoms with E-state index in [1.165, 1.54) is 0 Å². The number of hydrogen-bond acceptors (Lipinski definition) is 6. The molecule has 0 unspecified atom stereocenters. The lowest BCUT2D eigenvalue weighted by molar-refractivity contribution is 0.251. The lowest BCUT2D eigenvalue weighted by Gasteiger charge is -2.06. The number of hydrogen-bond donors (Lipinski definition) is 4. The predicted octanol–water partition coefficient (Wildman–Crippen LogP) is 5.08. The standard InChI is InChI=1S/C26H30Cl2N10O2/c27-19-5-9-21(10-6-19)31-25(39)29-15-23-17-37(35-33-23)13-3-1-2-4-14-38-18-24(34-36-38)16-30-26(40)32-22-11-7-20(28)8-12-22/h5-12,17-18H,1-4,13-16H2,(H2,29,31,39)(H2,30,32,40). The van der Waals surface area contributed by atoms with E-state index in [0.29, 0.717) is 32.8 Å². The highest BCUT2D eigenvalue weighted by Crippen LogP contribution is 2.14. The summed E-state index contributed by atoms with van der Waals surface area (Å²) in [7, 11) is 0. The molecule has 210 valence electrons. The summed E-state index contributed by atoms with van der Waals surface area (Å²) in [6, 6.07) is 13.1. The lowest BCUT2D eigenvalue weighted by atomic mass is 10.2. The van der Waals surface area contributed by atoms with Crippen molar-refractivity contribution in [3.05, 3.63) is 82.4 Å². The van der Waals surface area contributed by atoms with Gasteiger partial charge in [-0.2, -0.15) is 0 Å². The van der Waals surface area contributed by atoms with E-state index in [-0.39, 0.29) is 25.2 Å². The number of aryl methyl sites for hydroxylation is 2. The number of carbonyl (C=O) groups is 2. The number of carbonyl (C=O) groups excluding carboxylic acids is 2. The Morgan fingerprint density at radius 3 is 1.43 bits per heavy atom. The van der Waals surface area contributed by atoms with Gasteiger partial charge in [-0.3, -0.25) is 9.36 Å². The average Bonchev–Trinajstić information content (AvgIpc) is 3.60. The Morgan fingerprint density at radius 2 is 1.02 bits per heavy atom. The molecule has 4 rings (SSSR count). The molecule has 0 aliphatic rings. The third kappa shape index (κ3) is 9.86. The number of unbranched alkanes of at least 4 members (excludes halogenated alkanes) is 3. The Hall–Kier alpha value is -4.16. The maximum Gasteiger partial charge on any atom is 0.319 e. The van der Waals surface area contributed by atoms with Gasteiger partial charge >= 0.3 is 12.1 Å². The number of urea groups is 2. The molecule has 4 amide bonds. The van der Waals surface area contributed by atoms with E-state index in [2.05, 4.69) is 41.9 Å². The second kappa shape index (κ2) is 14.8. The van der Waals surface area contributed by atoms with Gasteiger partial charge in [-0.15, -0.1) is 10.2 Å². The average molecular weight is 586 g/mol. The minimum atomic E-state index is -0.327. The molecule has 0 spiro atoms. The maximum absolute atomic E-state index is 12.0. The van der Waals surface area contributed by atoms with Crippen molar-refractivity contribution in [2.75, 3.05) is 10.6 Å². The van der Waals surface area contributed by atoms with Crippen LogP contribution < -0.4 is 21.3 Å². The Balaban J connectivity index is 1.05. The van der Waals surface area contributed by atoms with Gasteiger partial charge in [0, 0.05) is 34.5 Å². The zero-order chi connectivity index (χ0) is 28.2. The van der Waals surface area contributed by atoms with Crippen molar-refractivity contribution < 1.29 is 9.59 Å². The first kappa shape index (κ1) is 28.8.